The highest BCUT2D eigenvalue weighted by molar-refractivity contribution is 5.99. The number of carbonyl (C=O) groups excluding carboxylic acids is 1. The number of rotatable bonds is 4. The number of hydrogen-bond donors (Lipinski definition) is 0. The van der Waals surface area contributed by atoms with Crippen molar-refractivity contribution in [3.05, 3.63) is 29.3 Å². The van der Waals surface area contributed by atoms with Crippen LogP contribution >= 0.6 is 0 Å². The molecular formula is C17H24O2. The van der Waals surface area contributed by atoms with Gasteiger partial charge in [0.05, 0.1) is 12.2 Å². The summed E-state index contributed by atoms with van der Waals surface area (Å²) >= 11 is 0. The van der Waals surface area contributed by atoms with Gasteiger partial charge in [-0.05, 0) is 29.4 Å². The normalized spacial score (nSPS) is 15.8. The Bertz CT molecular complexity index is 469. The molecule has 0 fully saturated rings. The highest BCUT2D eigenvalue weighted by Crippen LogP contribution is 2.32. The van der Waals surface area contributed by atoms with E-state index in [9.17, 15) is 4.79 Å². The molecule has 104 valence electrons. The number of para-hydroxylation sites is 1. The van der Waals surface area contributed by atoms with Crippen molar-refractivity contribution in [1.29, 1.82) is 0 Å². The van der Waals surface area contributed by atoms with Gasteiger partial charge in [-0.3, -0.25) is 4.79 Å². The molecule has 1 aliphatic rings. The van der Waals surface area contributed by atoms with Crippen LogP contribution in [0.15, 0.2) is 18.2 Å². The van der Waals surface area contributed by atoms with Crippen molar-refractivity contribution in [2.75, 3.05) is 6.61 Å². The fourth-order valence-corrected chi connectivity index (χ4v) is 2.98. The number of ketones is 1. The van der Waals surface area contributed by atoms with Gasteiger partial charge in [-0.15, -0.1) is 0 Å². The molecule has 0 saturated carbocycles. The summed E-state index contributed by atoms with van der Waals surface area (Å²) in [5, 5.41) is 0. The van der Waals surface area contributed by atoms with Crippen molar-refractivity contribution in [2.45, 2.75) is 47.0 Å². The molecular weight excluding hydrogens is 236 g/mol. The lowest BCUT2D eigenvalue weighted by Crippen LogP contribution is -2.14. The van der Waals surface area contributed by atoms with E-state index in [2.05, 4.69) is 33.8 Å². The van der Waals surface area contributed by atoms with Gasteiger partial charge in [0, 0.05) is 12.8 Å². The van der Waals surface area contributed by atoms with E-state index in [4.69, 9.17) is 4.74 Å². The van der Waals surface area contributed by atoms with E-state index in [1.54, 1.807) is 0 Å². The van der Waals surface area contributed by atoms with Crippen LogP contribution in [0.4, 0.5) is 0 Å². The highest BCUT2D eigenvalue weighted by atomic mass is 16.5. The third-order valence-corrected chi connectivity index (χ3v) is 3.51. The van der Waals surface area contributed by atoms with Crippen molar-refractivity contribution < 1.29 is 9.53 Å². The molecule has 1 aromatic rings. The lowest BCUT2D eigenvalue weighted by atomic mass is 9.83. The van der Waals surface area contributed by atoms with Crippen molar-refractivity contribution in [1.82, 2.24) is 0 Å². The Labute approximate surface area is 116 Å². The van der Waals surface area contributed by atoms with Crippen LogP contribution < -0.4 is 4.74 Å². The van der Waals surface area contributed by atoms with E-state index in [0.29, 0.717) is 18.9 Å². The minimum atomic E-state index is 0.218. The molecule has 0 aliphatic carbocycles. The second-order valence-corrected chi connectivity index (χ2v) is 6.89. The van der Waals surface area contributed by atoms with E-state index in [-0.39, 0.29) is 11.2 Å². The summed E-state index contributed by atoms with van der Waals surface area (Å²) in [5.74, 6) is 1.45. The van der Waals surface area contributed by atoms with Gasteiger partial charge in [-0.2, -0.15) is 0 Å². The minimum absolute atomic E-state index is 0.218. The average molecular weight is 260 g/mol. The lowest BCUT2D eigenvalue weighted by molar-refractivity contribution is 0.0951. The molecule has 1 atom stereocenters. The molecule has 0 aromatic heterocycles. The Morgan fingerprint density at radius 2 is 2.11 bits per heavy atom. The SMILES string of the molecule is CC(CC(=O)c1cccc2c1OCC2)CC(C)(C)C. The molecule has 1 aliphatic heterocycles. The van der Waals surface area contributed by atoms with Crippen molar-refractivity contribution in [3.63, 3.8) is 0 Å². The first-order valence-corrected chi connectivity index (χ1v) is 7.15. The van der Waals surface area contributed by atoms with Gasteiger partial charge in [0.2, 0.25) is 0 Å². The Kier molecular flexibility index (Phi) is 3.98. The van der Waals surface area contributed by atoms with Crippen LogP contribution in [0.1, 0.15) is 56.5 Å². The monoisotopic (exact) mass is 260 g/mol. The van der Waals surface area contributed by atoms with E-state index in [0.717, 1.165) is 24.2 Å². The summed E-state index contributed by atoms with van der Waals surface area (Å²) in [6.45, 7) is 9.52. The molecule has 1 aromatic carbocycles. The molecule has 0 radical (unpaired) electrons. The molecule has 0 bridgehead atoms. The quantitative estimate of drug-likeness (QED) is 0.756. The Balaban J connectivity index is 2.07. The summed E-state index contributed by atoms with van der Waals surface area (Å²) < 4.78 is 5.61. The van der Waals surface area contributed by atoms with Gasteiger partial charge in [-0.25, -0.2) is 0 Å². The predicted octanol–water partition coefficient (Wildman–Crippen LogP) is 4.27. The predicted molar refractivity (Wildman–Crippen MR) is 77.8 cm³/mol. The molecule has 0 N–H and O–H groups in total. The van der Waals surface area contributed by atoms with Gasteiger partial charge in [-0.1, -0.05) is 39.8 Å². The summed E-state index contributed by atoms with van der Waals surface area (Å²) in [7, 11) is 0. The molecule has 2 rings (SSSR count). The van der Waals surface area contributed by atoms with Crippen LogP contribution in [0.3, 0.4) is 0 Å². The highest BCUT2D eigenvalue weighted by Gasteiger charge is 2.23. The van der Waals surface area contributed by atoms with Gasteiger partial charge in [0.1, 0.15) is 5.75 Å². The fraction of sp³-hybridized carbons (Fsp3) is 0.588. The molecule has 2 heteroatoms. The molecule has 1 heterocycles. The average Bonchev–Trinajstić information content (AvgIpc) is 2.73. The number of fused-ring (bicyclic) bond motifs is 1. The molecule has 2 nitrogen and oxygen atoms in total. The zero-order valence-electron chi connectivity index (χ0n) is 12.5. The number of ether oxygens (including phenoxy) is 1. The zero-order chi connectivity index (χ0) is 14.0. The molecule has 0 amide bonds. The fourth-order valence-electron chi connectivity index (χ4n) is 2.98. The van der Waals surface area contributed by atoms with Crippen LogP contribution in [-0.2, 0) is 6.42 Å². The van der Waals surface area contributed by atoms with Crippen LogP contribution in [0.2, 0.25) is 0 Å². The minimum Gasteiger partial charge on any atom is -0.492 e. The maximum atomic E-state index is 12.4. The molecule has 0 saturated heterocycles. The Morgan fingerprint density at radius 1 is 1.37 bits per heavy atom. The van der Waals surface area contributed by atoms with Crippen LogP contribution in [0.5, 0.6) is 5.75 Å². The largest absolute Gasteiger partial charge is 0.492 e. The molecule has 19 heavy (non-hydrogen) atoms. The van der Waals surface area contributed by atoms with Gasteiger partial charge >= 0.3 is 0 Å². The summed E-state index contributed by atoms with van der Waals surface area (Å²) in [5.41, 5.74) is 2.22. The zero-order valence-corrected chi connectivity index (χ0v) is 12.5. The second-order valence-electron chi connectivity index (χ2n) is 6.89. The second kappa shape index (κ2) is 5.36. The van der Waals surface area contributed by atoms with E-state index < -0.39 is 0 Å². The van der Waals surface area contributed by atoms with Crippen molar-refractivity contribution >= 4 is 5.78 Å². The Hall–Kier alpha value is -1.31. The number of Topliss-reactive ketones (excluding diaryl/α,β-unsaturated/α-hetero) is 1. The maximum absolute atomic E-state index is 12.4. The first kappa shape index (κ1) is 14.1. The molecule has 1 unspecified atom stereocenters. The third-order valence-electron chi connectivity index (χ3n) is 3.51. The topological polar surface area (TPSA) is 26.3 Å². The first-order chi connectivity index (χ1) is 8.87. The molecule has 0 spiro atoms. The number of benzene rings is 1. The summed E-state index contributed by atoms with van der Waals surface area (Å²) in [6.07, 6.45) is 2.60. The summed E-state index contributed by atoms with van der Waals surface area (Å²) in [4.78, 5) is 12.4. The van der Waals surface area contributed by atoms with Gasteiger partial charge in [0.25, 0.3) is 0 Å². The maximum Gasteiger partial charge on any atom is 0.166 e. The van der Waals surface area contributed by atoms with E-state index in [1.807, 2.05) is 12.1 Å². The van der Waals surface area contributed by atoms with Crippen LogP contribution in [0, 0.1) is 11.3 Å². The lowest BCUT2D eigenvalue weighted by Gasteiger charge is -2.22. The van der Waals surface area contributed by atoms with Crippen molar-refractivity contribution in [2.24, 2.45) is 11.3 Å². The van der Waals surface area contributed by atoms with Crippen LogP contribution in [-0.4, -0.2) is 12.4 Å². The van der Waals surface area contributed by atoms with Crippen LogP contribution in [0.25, 0.3) is 0 Å². The third kappa shape index (κ3) is 3.59. The van der Waals surface area contributed by atoms with Gasteiger partial charge < -0.3 is 4.74 Å². The van der Waals surface area contributed by atoms with Gasteiger partial charge in [0.15, 0.2) is 5.78 Å². The van der Waals surface area contributed by atoms with Crippen molar-refractivity contribution in [3.8, 4) is 5.75 Å². The van der Waals surface area contributed by atoms with E-state index >= 15 is 0 Å². The number of carbonyl (C=O) groups is 1. The smallest absolute Gasteiger partial charge is 0.166 e. The standard InChI is InChI=1S/C17H24O2/c1-12(11-17(2,3)4)10-15(18)14-7-5-6-13-8-9-19-16(13)14/h5-7,12H,8-11H2,1-4H3. The number of hydrogen-bond acceptors (Lipinski definition) is 2. The Morgan fingerprint density at radius 3 is 2.79 bits per heavy atom. The summed E-state index contributed by atoms with van der Waals surface area (Å²) in [6, 6.07) is 5.92. The van der Waals surface area contributed by atoms with E-state index in [1.165, 1.54) is 5.56 Å². The first-order valence-electron chi connectivity index (χ1n) is 7.15.